The van der Waals surface area contributed by atoms with Gasteiger partial charge in [0.1, 0.15) is 0 Å². The van der Waals surface area contributed by atoms with Crippen LogP contribution in [-0.4, -0.2) is 29.1 Å². The van der Waals surface area contributed by atoms with Crippen LogP contribution in [0.25, 0.3) is 0 Å². The molecule has 1 atom stereocenters. The molecule has 3 rings (SSSR count). The smallest absolute Gasteiger partial charge is 0.168 e. The number of ketones is 1. The third kappa shape index (κ3) is 3.19. The second-order valence-electron chi connectivity index (χ2n) is 5.66. The first-order valence-corrected chi connectivity index (χ1v) is 7.44. The number of rotatable bonds is 2. The topological polar surface area (TPSA) is 69.6 Å². The number of Topliss-reactive ketones (excluding diaryl/α,β-unsaturated/α-hetero) is 1. The molecule has 1 aliphatic rings. The largest absolute Gasteiger partial charge is 0.504 e. The van der Waals surface area contributed by atoms with Gasteiger partial charge in [0.2, 0.25) is 0 Å². The Hall–Kier alpha value is -2.04. The highest BCUT2D eigenvalue weighted by atomic mass is 35.5. The van der Waals surface area contributed by atoms with Gasteiger partial charge in [-0.1, -0.05) is 30.3 Å². The minimum atomic E-state index is -0.306. The Bertz CT molecular complexity index is 716. The minimum absolute atomic E-state index is 0. The zero-order chi connectivity index (χ0) is 15.7. The number of halogens is 1. The van der Waals surface area contributed by atoms with E-state index in [-0.39, 0.29) is 41.2 Å². The first-order chi connectivity index (χ1) is 10.6. The summed E-state index contributed by atoms with van der Waals surface area (Å²) in [5.74, 6) is -0.714. The maximum Gasteiger partial charge on any atom is 0.168 e. The minimum Gasteiger partial charge on any atom is -0.504 e. The highest BCUT2D eigenvalue weighted by molar-refractivity contribution is 5.99. The number of phenolic OH excluding ortho intramolecular Hbond substituents is 2. The monoisotopic (exact) mass is 333 g/mol. The van der Waals surface area contributed by atoms with Gasteiger partial charge in [-0.05, 0) is 42.6 Å². The molecule has 5 heteroatoms. The molecule has 2 aromatic carbocycles. The maximum atomic E-state index is 12.0. The molecule has 1 unspecified atom stereocenters. The number of benzene rings is 2. The molecule has 1 heterocycles. The van der Waals surface area contributed by atoms with Crippen LogP contribution in [0.3, 0.4) is 0 Å². The van der Waals surface area contributed by atoms with Crippen molar-refractivity contribution in [3.63, 3.8) is 0 Å². The van der Waals surface area contributed by atoms with Crippen LogP contribution in [0.15, 0.2) is 36.4 Å². The van der Waals surface area contributed by atoms with Crippen molar-refractivity contribution < 1.29 is 15.0 Å². The molecule has 2 aromatic rings. The van der Waals surface area contributed by atoms with Gasteiger partial charge in [-0.15, -0.1) is 12.4 Å². The first-order valence-electron chi connectivity index (χ1n) is 7.44. The van der Waals surface area contributed by atoms with Gasteiger partial charge < -0.3 is 15.5 Å². The normalized spacial score (nSPS) is 16.8. The quantitative estimate of drug-likeness (QED) is 0.583. The Balaban J connectivity index is 0.00000192. The highest BCUT2D eigenvalue weighted by Crippen LogP contribution is 2.40. The van der Waals surface area contributed by atoms with Gasteiger partial charge in [0, 0.05) is 12.5 Å². The first kappa shape index (κ1) is 17.3. The lowest BCUT2D eigenvalue weighted by Gasteiger charge is -2.21. The van der Waals surface area contributed by atoms with Gasteiger partial charge >= 0.3 is 0 Å². The lowest BCUT2D eigenvalue weighted by molar-refractivity contribution is 0.101. The van der Waals surface area contributed by atoms with Crippen molar-refractivity contribution in [3.05, 3.63) is 58.7 Å². The molecule has 0 radical (unpaired) electrons. The van der Waals surface area contributed by atoms with Crippen molar-refractivity contribution in [2.45, 2.75) is 19.3 Å². The van der Waals surface area contributed by atoms with Crippen LogP contribution in [0, 0.1) is 0 Å². The molecule has 1 aliphatic heterocycles. The molecule has 0 aromatic heterocycles. The van der Waals surface area contributed by atoms with Crippen molar-refractivity contribution in [2.24, 2.45) is 0 Å². The summed E-state index contributed by atoms with van der Waals surface area (Å²) in [5.41, 5.74) is 3.12. The summed E-state index contributed by atoms with van der Waals surface area (Å²) in [6.45, 7) is 2.89. The second kappa shape index (κ2) is 7.02. The fourth-order valence-corrected chi connectivity index (χ4v) is 3.23. The molecule has 3 N–H and O–H groups in total. The summed E-state index contributed by atoms with van der Waals surface area (Å²) in [7, 11) is 0. The summed E-state index contributed by atoms with van der Waals surface area (Å²) in [5, 5.41) is 23.5. The van der Waals surface area contributed by atoms with E-state index in [2.05, 4.69) is 5.32 Å². The van der Waals surface area contributed by atoms with E-state index in [0.29, 0.717) is 6.42 Å². The van der Waals surface area contributed by atoms with E-state index < -0.39 is 0 Å². The number of carbonyl (C=O) groups is 1. The van der Waals surface area contributed by atoms with E-state index in [1.807, 2.05) is 30.3 Å². The predicted octanol–water partition coefficient (Wildman–Crippen LogP) is 3.00. The predicted molar refractivity (Wildman–Crippen MR) is 91.9 cm³/mol. The van der Waals surface area contributed by atoms with E-state index >= 15 is 0 Å². The van der Waals surface area contributed by atoms with Gasteiger partial charge in [-0.3, -0.25) is 4.79 Å². The average molecular weight is 334 g/mol. The molecule has 0 amide bonds. The summed E-state index contributed by atoms with van der Waals surface area (Å²) in [4.78, 5) is 12.0. The van der Waals surface area contributed by atoms with E-state index in [9.17, 15) is 15.0 Å². The highest BCUT2D eigenvalue weighted by Gasteiger charge is 2.27. The molecular weight excluding hydrogens is 314 g/mol. The Kier molecular flexibility index (Phi) is 5.29. The number of carbonyl (C=O) groups excluding carboxylic acids is 1. The molecule has 0 spiro atoms. The molecule has 122 valence electrons. The van der Waals surface area contributed by atoms with Crippen molar-refractivity contribution in [1.29, 1.82) is 0 Å². The van der Waals surface area contributed by atoms with Crippen molar-refractivity contribution >= 4 is 18.2 Å². The van der Waals surface area contributed by atoms with E-state index in [1.54, 1.807) is 6.07 Å². The van der Waals surface area contributed by atoms with Crippen molar-refractivity contribution in [1.82, 2.24) is 5.32 Å². The Morgan fingerprint density at radius 3 is 2.57 bits per heavy atom. The van der Waals surface area contributed by atoms with Crippen LogP contribution in [0.2, 0.25) is 0 Å². The van der Waals surface area contributed by atoms with Crippen LogP contribution in [0.1, 0.15) is 39.9 Å². The van der Waals surface area contributed by atoms with Crippen molar-refractivity contribution in [2.75, 3.05) is 13.1 Å². The number of hydrogen-bond donors (Lipinski definition) is 3. The standard InChI is InChI=1S/C18H19NO3.ClH/c1-11(20)17-13-7-8-19-10-15(12-5-3-2-4-6-12)14(13)9-16(21)18(17)22;/h2-6,9,15,19,21-22H,7-8,10H2,1H3;1H. The Labute approximate surface area is 141 Å². The average Bonchev–Trinajstić information content (AvgIpc) is 2.71. The molecule has 23 heavy (non-hydrogen) atoms. The number of fused-ring (bicyclic) bond motifs is 1. The van der Waals surface area contributed by atoms with Crippen molar-refractivity contribution in [3.8, 4) is 11.5 Å². The Morgan fingerprint density at radius 1 is 1.22 bits per heavy atom. The van der Waals surface area contributed by atoms with Gasteiger partial charge in [0.25, 0.3) is 0 Å². The van der Waals surface area contributed by atoms with Gasteiger partial charge in [0.05, 0.1) is 5.56 Å². The van der Waals surface area contributed by atoms with Crippen LogP contribution in [-0.2, 0) is 6.42 Å². The molecule has 0 saturated carbocycles. The molecule has 4 nitrogen and oxygen atoms in total. The lowest BCUT2D eigenvalue weighted by Crippen LogP contribution is -2.20. The Morgan fingerprint density at radius 2 is 1.91 bits per heavy atom. The fourth-order valence-electron chi connectivity index (χ4n) is 3.23. The van der Waals surface area contributed by atoms with Crippen LogP contribution in [0.5, 0.6) is 11.5 Å². The third-order valence-electron chi connectivity index (χ3n) is 4.25. The molecule has 0 aliphatic carbocycles. The molecule has 0 fully saturated rings. The summed E-state index contributed by atoms with van der Waals surface area (Å²) in [6.07, 6.45) is 0.654. The van der Waals surface area contributed by atoms with Gasteiger partial charge in [0.15, 0.2) is 17.3 Å². The lowest BCUT2D eigenvalue weighted by atomic mass is 9.84. The van der Waals surface area contributed by atoms with E-state index in [1.165, 1.54) is 6.92 Å². The summed E-state index contributed by atoms with van der Waals surface area (Å²) in [6, 6.07) is 11.6. The SMILES string of the molecule is CC(=O)c1c(O)c(O)cc2c1CCNCC2c1ccccc1.Cl. The summed E-state index contributed by atoms with van der Waals surface area (Å²) >= 11 is 0. The van der Waals surface area contributed by atoms with Crippen LogP contribution >= 0.6 is 12.4 Å². The molecule has 0 saturated heterocycles. The zero-order valence-corrected chi connectivity index (χ0v) is 13.7. The van der Waals surface area contributed by atoms with Crippen LogP contribution in [0.4, 0.5) is 0 Å². The number of nitrogens with one attached hydrogen (secondary N) is 1. The third-order valence-corrected chi connectivity index (χ3v) is 4.25. The maximum absolute atomic E-state index is 12.0. The number of phenols is 2. The molecule has 0 bridgehead atoms. The van der Waals surface area contributed by atoms with Gasteiger partial charge in [-0.25, -0.2) is 0 Å². The number of hydrogen-bond acceptors (Lipinski definition) is 4. The van der Waals surface area contributed by atoms with Gasteiger partial charge in [-0.2, -0.15) is 0 Å². The second-order valence-corrected chi connectivity index (χ2v) is 5.66. The molecular formula is C18H20ClNO3. The zero-order valence-electron chi connectivity index (χ0n) is 12.9. The number of aromatic hydroxyl groups is 2. The van der Waals surface area contributed by atoms with E-state index in [0.717, 1.165) is 29.8 Å². The van der Waals surface area contributed by atoms with E-state index in [4.69, 9.17) is 0 Å². The summed E-state index contributed by atoms with van der Waals surface area (Å²) < 4.78 is 0. The van der Waals surface area contributed by atoms with Crippen LogP contribution < -0.4 is 5.32 Å². The fraction of sp³-hybridized carbons (Fsp3) is 0.278.